The van der Waals surface area contributed by atoms with Crippen LogP contribution in [0.25, 0.3) is 33.8 Å². The number of aliphatic hydroxyl groups is 1. The van der Waals surface area contributed by atoms with E-state index in [1.165, 1.54) is 11.2 Å². The highest BCUT2D eigenvalue weighted by atomic mass is 19.4. The quantitative estimate of drug-likeness (QED) is 0.254. The lowest BCUT2D eigenvalue weighted by atomic mass is 9.89. The summed E-state index contributed by atoms with van der Waals surface area (Å²) in [4.78, 5) is 20.6. The highest BCUT2D eigenvalue weighted by Gasteiger charge is 2.32. The van der Waals surface area contributed by atoms with Crippen LogP contribution < -0.4 is 10.1 Å². The number of nitrogens with one attached hydrogen (secondary N) is 2. The van der Waals surface area contributed by atoms with Gasteiger partial charge in [-0.2, -0.15) is 13.2 Å². The zero-order chi connectivity index (χ0) is 30.0. The van der Waals surface area contributed by atoms with Crippen LogP contribution in [0.1, 0.15) is 37.2 Å². The van der Waals surface area contributed by atoms with Crippen LogP contribution in [-0.2, 0) is 0 Å². The first-order valence-corrected chi connectivity index (χ1v) is 14.7. The van der Waals surface area contributed by atoms with Crippen LogP contribution in [0.5, 0.6) is 5.75 Å². The third-order valence-electron chi connectivity index (χ3n) is 8.48. The third-order valence-corrected chi connectivity index (χ3v) is 8.48. The molecular formula is C31H36F3N7O2. The zero-order valence-corrected chi connectivity index (χ0v) is 24.1. The Bertz CT molecular complexity index is 1530. The molecule has 12 heteroatoms. The number of piperidine rings is 2. The molecule has 2 aromatic carbocycles. The van der Waals surface area contributed by atoms with Gasteiger partial charge in [0.05, 0.1) is 24.7 Å². The van der Waals surface area contributed by atoms with Crippen LogP contribution in [0, 0.1) is 0 Å². The van der Waals surface area contributed by atoms with Crippen molar-refractivity contribution in [2.75, 3.05) is 51.8 Å². The van der Waals surface area contributed by atoms with Gasteiger partial charge in [0.15, 0.2) is 5.65 Å². The summed E-state index contributed by atoms with van der Waals surface area (Å²) >= 11 is 0. The molecule has 4 aromatic rings. The molecule has 3 N–H and O–H groups in total. The number of ether oxygens (including phenoxy) is 1. The molecular weight excluding hydrogens is 559 g/mol. The van der Waals surface area contributed by atoms with Gasteiger partial charge in [0, 0.05) is 31.3 Å². The fourth-order valence-electron chi connectivity index (χ4n) is 6.10. The average molecular weight is 596 g/mol. The molecule has 0 atom stereocenters. The van der Waals surface area contributed by atoms with Gasteiger partial charge in [-0.25, -0.2) is 15.0 Å². The molecule has 0 bridgehead atoms. The summed E-state index contributed by atoms with van der Waals surface area (Å²) in [6.07, 6.45) is 0.581. The van der Waals surface area contributed by atoms with Gasteiger partial charge in [-0.3, -0.25) is 9.80 Å². The Morgan fingerprint density at radius 1 is 0.953 bits per heavy atom. The predicted molar refractivity (Wildman–Crippen MR) is 159 cm³/mol. The number of aromatic amines is 1. The normalized spacial score (nSPS) is 17.9. The first kappa shape index (κ1) is 29.3. The molecule has 0 radical (unpaired) electrons. The van der Waals surface area contributed by atoms with E-state index in [0.717, 1.165) is 65.3 Å². The minimum atomic E-state index is -4.15. The minimum Gasteiger partial charge on any atom is -0.488 e. The standard InChI is InChI=1S/C31H36F3N7O2/c1-35-25-16-23(6-7-26(25)43-24-10-14-41(19-42)15-11-24)27-28-30(37-18-36-27)39-29(38-28)22-4-2-20(3-5-22)21-8-12-40(13-9-21)17-31(32,33)34/h2-7,16,18,21,24,35,42H,8-15,17,19H2,1H3,(H,36,37,38,39). The van der Waals surface area contributed by atoms with Crippen molar-refractivity contribution >= 4 is 16.9 Å². The summed E-state index contributed by atoms with van der Waals surface area (Å²) in [7, 11) is 1.86. The van der Waals surface area contributed by atoms with Gasteiger partial charge in [0.1, 0.15) is 29.5 Å². The Kier molecular flexibility index (Phi) is 8.51. The van der Waals surface area contributed by atoms with Crippen molar-refractivity contribution < 1.29 is 23.0 Å². The van der Waals surface area contributed by atoms with E-state index in [-0.39, 0.29) is 18.8 Å². The maximum absolute atomic E-state index is 12.7. The molecule has 6 rings (SSSR count). The van der Waals surface area contributed by atoms with Crippen molar-refractivity contribution in [2.24, 2.45) is 0 Å². The first-order chi connectivity index (χ1) is 20.8. The predicted octanol–water partition coefficient (Wildman–Crippen LogP) is 5.26. The Morgan fingerprint density at radius 2 is 1.65 bits per heavy atom. The van der Waals surface area contributed by atoms with Crippen molar-refractivity contribution in [1.29, 1.82) is 0 Å². The van der Waals surface area contributed by atoms with E-state index in [0.29, 0.717) is 37.4 Å². The Labute approximate surface area is 248 Å². The van der Waals surface area contributed by atoms with Gasteiger partial charge < -0.3 is 20.1 Å². The van der Waals surface area contributed by atoms with Crippen molar-refractivity contribution in [1.82, 2.24) is 29.7 Å². The van der Waals surface area contributed by atoms with Crippen LogP contribution in [0.3, 0.4) is 0 Å². The summed E-state index contributed by atoms with van der Waals surface area (Å²) in [5.74, 6) is 1.69. The van der Waals surface area contributed by atoms with Crippen molar-refractivity contribution in [3.8, 4) is 28.4 Å². The smallest absolute Gasteiger partial charge is 0.401 e. The Morgan fingerprint density at radius 3 is 2.33 bits per heavy atom. The molecule has 2 fully saturated rings. The fourth-order valence-corrected chi connectivity index (χ4v) is 6.10. The lowest BCUT2D eigenvalue weighted by Crippen LogP contribution is -2.39. The number of nitrogens with zero attached hydrogens (tertiary/aromatic N) is 5. The summed E-state index contributed by atoms with van der Waals surface area (Å²) < 4.78 is 44.5. The van der Waals surface area contributed by atoms with Gasteiger partial charge in [0.2, 0.25) is 0 Å². The largest absolute Gasteiger partial charge is 0.488 e. The van der Waals surface area contributed by atoms with Gasteiger partial charge in [-0.15, -0.1) is 0 Å². The summed E-state index contributed by atoms with van der Waals surface area (Å²) in [5.41, 5.74) is 5.79. The number of aliphatic hydroxyl groups excluding tert-OH is 1. The molecule has 0 unspecified atom stereocenters. The fraction of sp³-hybridized carbons (Fsp3) is 0.452. The molecule has 0 spiro atoms. The number of halogens is 3. The maximum atomic E-state index is 12.7. The summed E-state index contributed by atoms with van der Waals surface area (Å²) in [5, 5.41) is 12.6. The van der Waals surface area contributed by atoms with Crippen LogP contribution in [0.2, 0.25) is 0 Å². The molecule has 0 saturated carbocycles. The van der Waals surface area contributed by atoms with Crippen LogP contribution in [0.4, 0.5) is 18.9 Å². The zero-order valence-electron chi connectivity index (χ0n) is 24.1. The third kappa shape index (κ3) is 6.76. The molecule has 2 aliphatic rings. The number of H-pyrrole nitrogens is 1. The molecule has 2 aliphatic heterocycles. The van der Waals surface area contributed by atoms with Crippen LogP contribution in [0.15, 0.2) is 48.8 Å². The molecule has 9 nitrogen and oxygen atoms in total. The van der Waals surface area contributed by atoms with E-state index in [9.17, 15) is 18.3 Å². The first-order valence-electron chi connectivity index (χ1n) is 14.7. The number of rotatable bonds is 8. The molecule has 43 heavy (non-hydrogen) atoms. The molecule has 2 saturated heterocycles. The number of aromatic nitrogens is 4. The van der Waals surface area contributed by atoms with Crippen molar-refractivity contribution in [3.63, 3.8) is 0 Å². The molecule has 0 amide bonds. The maximum Gasteiger partial charge on any atom is 0.401 e. The molecule has 4 heterocycles. The number of alkyl halides is 3. The van der Waals surface area contributed by atoms with E-state index >= 15 is 0 Å². The number of likely N-dealkylation sites (tertiary alicyclic amines) is 2. The number of benzene rings is 2. The second-order valence-corrected chi connectivity index (χ2v) is 11.3. The van der Waals surface area contributed by atoms with E-state index in [1.807, 2.05) is 54.4 Å². The van der Waals surface area contributed by atoms with Crippen LogP contribution >= 0.6 is 0 Å². The lowest BCUT2D eigenvalue weighted by molar-refractivity contribution is -0.147. The lowest BCUT2D eigenvalue weighted by Gasteiger charge is -2.32. The van der Waals surface area contributed by atoms with Gasteiger partial charge in [-0.1, -0.05) is 24.3 Å². The SMILES string of the molecule is CNc1cc(-c2ncnc3nc(-c4ccc(C5CCN(CC(F)(F)F)CC5)cc4)[nH]c23)ccc1OC1CCN(CO)CC1. The number of hydrogen-bond donors (Lipinski definition) is 3. The average Bonchev–Trinajstić information content (AvgIpc) is 3.46. The highest BCUT2D eigenvalue weighted by molar-refractivity contribution is 5.90. The summed E-state index contributed by atoms with van der Waals surface area (Å²) in [6, 6.07) is 14.0. The van der Waals surface area contributed by atoms with Gasteiger partial charge in [0.25, 0.3) is 0 Å². The minimum absolute atomic E-state index is 0.0770. The van der Waals surface area contributed by atoms with Crippen molar-refractivity contribution in [3.05, 3.63) is 54.4 Å². The highest BCUT2D eigenvalue weighted by Crippen LogP contribution is 2.35. The second kappa shape index (κ2) is 12.5. The summed E-state index contributed by atoms with van der Waals surface area (Å²) in [6.45, 7) is 1.75. The molecule has 2 aromatic heterocycles. The topological polar surface area (TPSA) is 102 Å². The Balaban J connectivity index is 1.17. The van der Waals surface area contributed by atoms with E-state index in [2.05, 4.69) is 20.3 Å². The van der Waals surface area contributed by atoms with Gasteiger partial charge in [-0.05, 0) is 68.5 Å². The molecule has 228 valence electrons. The van der Waals surface area contributed by atoms with E-state index in [4.69, 9.17) is 9.72 Å². The number of imidazole rings is 1. The second-order valence-electron chi connectivity index (χ2n) is 11.3. The molecule has 0 aliphatic carbocycles. The van der Waals surface area contributed by atoms with Crippen LogP contribution in [-0.4, -0.2) is 93.6 Å². The number of anilines is 1. The van der Waals surface area contributed by atoms with Gasteiger partial charge >= 0.3 is 6.18 Å². The monoisotopic (exact) mass is 595 g/mol. The van der Waals surface area contributed by atoms with Crippen molar-refractivity contribution in [2.45, 2.75) is 43.9 Å². The van der Waals surface area contributed by atoms with E-state index in [1.54, 1.807) is 0 Å². The van der Waals surface area contributed by atoms with E-state index < -0.39 is 12.7 Å². The number of hydrogen-bond acceptors (Lipinski definition) is 8. The number of fused-ring (bicyclic) bond motifs is 1. The Hall–Kier alpha value is -3.74.